The van der Waals surface area contributed by atoms with Gasteiger partial charge in [0.15, 0.2) is 5.96 Å². The Morgan fingerprint density at radius 2 is 0.919 bits per heavy atom. The number of amides is 16. The van der Waals surface area contributed by atoms with Gasteiger partial charge >= 0.3 is 5.97 Å². The Kier molecular flexibility index (Phi) is 41.1. The van der Waals surface area contributed by atoms with Crippen LogP contribution in [0.3, 0.4) is 0 Å². The molecule has 0 aliphatic carbocycles. The highest BCUT2D eigenvalue weighted by Crippen LogP contribution is 2.27. The number of aromatic hydroxyl groups is 2. The van der Waals surface area contributed by atoms with E-state index in [9.17, 15) is 102 Å². The number of unbranched alkanes of at least 4 members (excludes halogenated alkanes) is 1. The van der Waals surface area contributed by atoms with E-state index in [0.717, 1.165) is 4.90 Å². The van der Waals surface area contributed by atoms with Crippen LogP contribution >= 0.6 is 25.3 Å². The average Bonchev–Trinajstić information content (AvgIpc) is 1.64. The first-order valence-corrected chi connectivity index (χ1v) is 41.9. The average molecular weight is 1780 g/mol. The number of phenolic OH excluding ortho intramolecular Hbond substituents is 2. The number of hydrogen-bond donors (Lipinski definition) is 26. The van der Waals surface area contributed by atoms with Crippen molar-refractivity contribution in [3.05, 3.63) is 77.9 Å². The van der Waals surface area contributed by atoms with Gasteiger partial charge in [0.25, 0.3) is 0 Å². The fraction of sp³-hybridized carbons (Fsp3) is 0.571. The van der Waals surface area contributed by atoms with E-state index >= 15 is 0 Å². The van der Waals surface area contributed by atoms with E-state index in [1.54, 1.807) is 0 Å². The van der Waals surface area contributed by atoms with E-state index in [0.29, 0.717) is 42.5 Å². The van der Waals surface area contributed by atoms with E-state index in [1.165, 1.54) is 84.7 Å². The first-order valence-electron chi connectivity index (χ1n) is 40.6. The summed E-state index contributed by atoms with van der Waals surface area (Å²) in [6.45, 7) is 1.25. The van der Waals surface area contributed by atoms with Crippen molar-refractivity contribution in [3.8, 4) is 11.5 Å². The van der Waals surface area contributed by atoms with Gasteiger partial charge in [-0.2, -0.15) is 25.3 Å². The first kappa shape index (κ1) is 101. The molecule has 29 N–H and O–H groups in total. The second kappa shape index (κ2) is 50.6. The lowest BCUT2D eigenvalue weighted by Crippen LogP contribution is -2.61. The summed E-state index contributed by atoms with van der Waals surface area (Å²) >= 11 is 8.53. The third-order valence-electron chi connectivity index (χ3n) is 20.8. The number of thiol groups is 2. The number of phenols is 2. The third kappa shape index (κ3) is 31.1. The molecule has 3 saturated heterocycles. The molecule has 3 aromatic rings. The number of H-pyrrole nitrogens is 1. The van der Waals surface area contributed by atoms with Crippen molar-refractivity contribution in [2.75, 3.05) is 63.9 Å². The predicted octanol–water partition coefficient (Wildman–Crippen LogP) is -8.42. The Labute approximate surface area is 725 Å². The van der Waals surface area contributed by atoms with Crippen molar-refractivity contribution in [2.24, 2.45) is 28.7 Å². The zero-order valence-corrected chi connectivity index (χ0v) is 70.6. The number of benzene rings is 2. The van der Waals surface area contributed by atoms with Gasteiger partial charge in [-0.15, -0.1) is 0 Å². The molecule has 0 radical (unpaired) electrons. The quantitative estimate of drug-likeness (QED) is 0.0108. The van der Waals surface area contributed by atoms with Crippen molar-refractivity contribution >= 4 is 132 Å². The Morgan fingerprint density at radius 3 is 1.42 bits per heavy atom. The number of guanidine groups is 1. The van der Waals surface area contributed by atoms with Gasteiger partial charge in [0.1, 0.15) is 102 Å². The van der Waals surface area contributed by atoms with E-state index in [-0.39, 0.29) is 127 Å². The highest BCUT2D eigenvalue weighted by Gasteiger charge is 2.46. The smallest absolute Gasteiger partial charge is 0.326 e. The first-order chi connectivity index (χ1) is 59.0. The molecule has 3 fully saturated rings. The van der Waals surface area contributed by atoms with Crippen LogP contribution in [0.25, 0.3) is 0 Å². The number of aliphatic hydroxyl groups excluding tert-OH is 1. The van der Waals surface area contributed by atoms with Crippen LogP contribution in [-0.2, 0) is 101 Å². The Morgan fingerprint density at radius 1 is 0.484 bits per heavy atom. The van der Waals surface area contributed by atoms with Gasteiger partial charge < -0.3 is 138 Å². The molecule has 6 rings (SSSR count). The summed E-state index contributed by atoms with van der Waals surface area (Å²) in [6, 6.07) is -10.8. The molecular weight excluding hydrogens is 1660 g/mol. The predicted molar refractivity (Wildman–Crippen MR) is 450 cm³/mol. The number of aliphatic hydroxyl groups is 1. The number of carboxylic acid groups (broad SMARTS) is 1. The molecule has 3 aliphatic rings. The molecule has 2 aromatic carbocycles. The number of carboxylic acids is 1. The van der Waals surface area contributed by atoms with Gasteiger partial charge in [-0.25, -0.2) is 9.78 Å². The molecule has 682 valence electrons. The van der Waals surface area contributed by atoms with Gasteiger partial charge in [-0.1, -0.05) is 24.3 Å². The number of hydrogen-bond acceptors (Lipinski definition) is 27. The number of nitrogens with two attached hydrogens (primary N) is 5. The highest BCUT2D eigenvalue weighted by molar-refractivity contribution is 7.80. The van der Waals surface area contributed by atoms with Crippen LogP contribution < -0.4 is 97.8 Å². The topological polar surface area (TPSA) is 720 Å². The Bertz CT molecular complexity index is 4210. The number of nitrogens with one attached hydrogen (secondary N) is 15. The van der Waals surface area contributed by atoms with Crippen molar-refractivity contribution in [1.29, 1.82) is 5.41 Å². The van der Waals surface area contributed by atoms with Gasteiger partial charge in [0.2, 0.25) is 94.5 Å². The van der Waals surface area contributed by atoms with E-state index < -0.39 is 229 Å². The molecule has 124 heavy (non-hydrogen) atoms. The zero-order chi connectivity index (χ0) is 91.4. The lowest BCUT2D eigenvalue weighted by Gasteiger charge is -2.33. The summed E-state index contributed by atoms with van der Waals surface area (Å²) in [6.07, 6.45) is 2.80. The fourth-order valence-corrected chi connectivity index (χ4v) is 14.6. The summed E-state index contributed by atoms with van der Waals surface area (Å²) in [4.78, 5) is 246. The summed E-state index contributed by atoms with van der Waals surface area (Å²) < 4.78 is 0. The van der Waals surface area contributed by atoms with Crippen LogP contribution in [0.1, 0.15) is 121 Å². The van der Waals surface area contributed by atoms with Crippen LogP contribution in [0.5, 0.6) is 11.5 Å². The van der Waals surface area contributed by atoms with Crippen LogP contribution in [-0.4, -0.2) is 306 Å². The molecule has 3 aliphatic heterocycles. The molecule has 0 bridgehead atoms. The number of aromatic amines is 1. The molecule has 4 heterocycles. The lowest BCUT2D eigenvalue weighted by molar-refractivity contribution is -0.152. The van der Waals surface area contributed by atoms with Crippen LogP contribution in [0.4, 0.5) is 0 Å². The monoisotopic (exact) mass is 1780 g/mol. The van der Waals surface area contributed by atoms with Gasteiger partial charge in [-0.05, 0) is 146 Å². The summed E-state index contributed by atoms with van der Waals surface area (Å²) in [5.74, 6) is -17.2. The molecular formula is C77H116N24O21S2. The molecule has 47 heteroatoms. The van der Waals surface area contributed by atoms with Crippen molar-refractivity contribution in [3.63, 3.8) is 0 Å². The largest absolute Gasteiger partial charge is 0.508 e. The molecule has 45 nitrogen and oxygen atoms in total. The van der Waals surface area contributed by atoms with Gasteiger partial charge in [0.05, 0.1) is 19.5 Å². The minimum absolute atomic E-state index is 0.00569. The number of aliphatic carboxylic acids is 1. The maximum absolute atomic E-state index is 14.9. The normalized spacial score (nSPS) is 17.7. The Hall–Kier alpha value is -12.0. The van der Waals surface area contributed by atoms with Crippen LogP contribution in [0.15, 0.2) is 61.1 Å². The summed E-state index contributed by atoms with van der Waals surface area (Å²) in [7, 11) is 0. The minimum atomic E-state index is -1.73. The van der Waals surface area contributed by atoms with Crippen LogP contribution in [0.2, 0.25) is 0 Å². The second-order valence-corrected chi connectivity index (χ2v) is 30.9. The fourth-order valence-electron chi connectivity index (χ4n) is 14.1. The van der Waals surface area contributed by atoms with Crippen molar-refractivity contribution < 1.29 is 102 Å². The molecule has 0 saturated carbocycles. The molecule has 1 aromatic heterocycles. The number of likely N-dealkylation sites (tertiary alicyclic amines) is 3. The van der Waals surface area contributed by atoms with E-state index in [1.807, 2.05) is 0 Å². The molecule has 0 unspecified atom stereocenters. The molecule has 0 spiro atoms. The maximum atomic E-state index is 14.9. The number of aromatic nitrogens is 2. The highest BCUT2D eigenvalue weighted by atomic mass is 32.1. The second-order valence-electron chi connectivity index (χ2n) is 30.2. The number of imidazole rings is 1. The number of rotatable bonds is 50. The van der Waals surface area contributed by atoms with Gasteiger partial charge in [-0.3, -0.25) is 82.1 Å². The third-order valence-corrected chi connectivity index (χ3v) is 21.6. The number of carbonyl (C=O) groups is 17. The number of primary amides is 1. The minimum Gasteiger partial charge on any atom is -0.508 e. The van der Waals surface area contributed by atoms with Crippen molar-refractivity contribution in [1.82, 2.24) is 93.8 Å². The maximum Gasteiger partial charge on any atom is 0.326 e. The standard InChI is InChI=1S/C77H116N24O21S2/c1-40(87-66(111)53(89-61(106)34-80)33-44-35-84-39-86-44)62(107)97-55(37-123)71(116)96-54(36-102)69(114)88-41(2)73(118)99-28-6-11-57(99)72(117)92-49(24-26-79)65(110)90-47(10-5-27-85-77(82)83)63(108)94-52(32-43-16-20-46(104)21-17-43)68(113)98-56(38-124)70(115)95-51(31-42-14-18-45(103)19-15-42)67(112)91-48(22-23-60(81)105)64(109)93-50(9-3-4-25-78)74(119)100-29-7-12-58(100)75(120)101-30-8-13-59(101)76(121)122/h14-21,35,39-41,47-59,102-104,123-124H,3-13,22-34,36-38,78-80H2,1-2H3,(H2,81,105)(H,84,86)(H,87,111)(H,88,114)(H,89,106)(H,90,110)(H,91,112)(H,92,117)(H,93,109)(H,94,108)(H,95,115)(H,96,116)(H,97,107)(H,98,113)(H,121,122)(H4,82,83,85)/t40-,41-,47-,48-,49-,50-,51-,52-,53-,54-,55-,56-,57-,58-,59-/m0/s1. The SMILES string of the molecule is C[C@H](NC(=O)[C@H](Cc1cnc[nH]1)NC(=O)CN)C(=O)N[C@@H](CS)C(=O)N[C@@H](CO)C(=O)N[C@@H](C)C(=O)N1CCC[C@H]1C(=O)N[C@@H](CCN)C(=O)N[C@@H](CCCNC(=N)N)C(=O)N[C@@H](Cc1ccc(O)cc1)C(=O)N[C@@H](CS)C(=O)N[C@@H](Cc1ccc(O)cc1)C(=O)N[C@@H](CCC(N)=O)C(=O)N[C@@H](CCCCN)C(=O)N1CCC[C@H]1C(=O)N1CCC[C@H]1C(=O)O. The van der Waals surface area contributed by atoms with Crippen LogP contribution in [0, 0.1) is 5.41 Å². The Balaban J connectivity index is 1.15. The van der Waals surface area contributed by atoms with E-state index in [4.69, 9.17) is 34.1 Å². The summed E-state index contributed by atoms with van der Waals surface area (Å²) in [5, 5.41) is 81.1. The molecule has 15 atom stereocenters. The van der Waals surface area contributed by atoms with Gasteiger partial charge in [0, 0.05) is 75.3 Å². The summed E-state index contributed by atoms with van der Waals surface area (Å²) in [5.41, 5.74) is 29.5. The van der Waals surface area contributed by atoms with E-state index in [2.05, 4.69) is 104 Å². The lowest BCUT2D eigenvalue weighted by atomic mass is 10.0. The number of nitrogens with zero attached hydrogens (tertiary/aromatic N) is 4. The molecule has 16 amide bonds. The van der Waals surface area contributed by atoms with Crippen molar-refractivity contribution in [2.45, 2.75) is 214 Å². The zero-order valence-electron chi connectivity index (χ0n) is 68.8. The number of carbonyl (C=O) groups excluding carboxylic acids is 16.